The van der Waals surface area contributed by atoms with Crippen molar-refractivity contribution in [2.45, 2.75) is 52.0 Å². The van der Waals surface area contributed by atoms with Crippen molar-refractivity contribution in [3.8, 4) is 0 Å². The van der Waals surface area contributed by atoms with Crippen LogP contribution in [-0.4, -0.2) is 57.8 Å². The highest BCUT2D eigenvalue weighted by molar-refractivity contribution is 7.18. The number of nitrogens with one attached hydrogen (secondary N) is 1. The van der Waals surface area contributed by atoms with Crippen LogP contribution in [0.2, 0.25) is 0 Å². The Morgan fingerprint density at radius 1 is 1.11 bits per heavy atom. The Morgan fingerprint density at radius 2 is 1.86 bits per heavy atom. The zero-order chi connectivity index (χ0) is 24.6. The van der Waals surface area contributed by atoms with Gasteiger partial charge in [-0.05, 0) is 51.0 Å². The number of benzene rings is 2. The van der Waals surface area contributed by atoms with Crippen LogP contribution >= 0.6 is 11.3 Å². The first-order valence-corrected chi connectivity index (χ1v) is 13.2. The minimum Gasteiger partial charge on any atom is -0.357 e. The smallest absolute Gasteiger partial charge is 0.118 e. The SMILES string of the molecule is CC1Cc2c([nH]c3ccccc23)CN1CC(C)(C)F.FCC1CN(Cc2nc3ccccc3s2)C1. The van der Waals surface area contributed by atoms with Crippen LogP contribution in [-0.2, 0) is 19.5 Å². The van der Waals surface area contributed by atoms with E-state index in [4.69, 9.17) is 0 Å². The molecule has 6 rings (SSSR count). The van der Waals surface area contributed by atoms with Crippen molar-refractivity contribution in [2.75, 3.05) is 26.3 Å². The van der Waals surface area contributed by atoms with Gasteiger partial charge in [0.15, 0.2) is 0 Å². The van der Waals surface area contributed by atoms with Gasteiger partial charge in [-0.25, -0.2) is 9.37 Å². The standard InChI is InChI=1S/C16H21FN2.C12H13FN2S/c1-11-8-13-12-6-4-5-7-14(12)18-15(13)9-19(11)10-16(2,3)17;13-5-9-6-15(7-9)8-12-14-10-3-1-2-4-11(10)16-12/h4-7,11,18H,8-10H2,1-3H3;1-4,9H,5-8H2. The molecule has 2 aromatic heterocycles. The van der Waals surface area contributed by atoms with Crippen LogP contribution in [0.25, 0.3) is 21.1 Å². The number of likely N-dealkylation sites (tertiary alicyclic amines) is 1. The second kappa shape index (κ2) is 9.96. The Bertz CT molecular complexity index is 1250. The summed E-state index contributed by atoms with van der Waals surface area (Å²) in [4.78, 5) is 12.5. The predicted molar refractivity (Wildman–Crippen MR) is 141 cm³/mol. The maximum Gasteiger partial charge on any atom is 0.118 e. The number of halogens is 2. The van der Waals surface area contributed by atoms with Gasteiger partial charge in [-0.1, -0.05) is 30.3 Å². The average molecular weight is 497 g/mol. The Kier molecular flexibility index (Phi) is 6.93. The van der Waals surface area contributed by atoms with Crippen LogP contribution < -0.4 is 0 Å². The number of hydrogen-bond acceptors (Lipinski definition) is 4. The summed E-state index contributed by atoms with van der Waals surface area (Å²) < 4.78 is 27.4. The normalized spacial score (nSPS) is 19.4. The van der Waals surface area contributed by atoms with Gasteiger partial charge in [-0.3, -0.25) is 14.2 Å². The summed E-state index contributed by atoms with van der Waals surface area (Å²) in [6, 6.07) is 17.0. The predicted octanol–water partition coefficient (Wildman–Crippen LogP) is 6.36. The summed E-state index contributed by atoms with van der Waals surface area (Å²) >= 11 is 1.74. The third-order valence-electron chi connectivity index (χ3n) is 6.91. The van der Waals surface area contributed by atoms with E-state index in [9.17, 15) is 8.78 Å². The molecular formula is C28H34F2N4S. The number of thiazole rings is 1. The number of hydrogen-bond donors (Lipinski definition) is 1. The summed E-state index contributed by atoms with van der Waals surface area (Å²) in [6.45, 7) is 9.25. The molecular weight excluding hydrogens is 462 g/mol. The zero-order valence-electron chi connectivity index (χ0n) is 20.7. The molecule has 1 atom stereocenters. The molecule has 1 saturated heterocycles. The fraction of sp³-hybridized carbons (Fsp3) is 0.464. The van der Waals surface area contributed by atoms with E-state index in [0.29, 0.717) is 12.6 Å². The van der Waals surface area contributed by atoms with Gasteiger partial charge in [-0.15, -0.1) is 11.3 Å². The van der Waals surface area contributed by atoms with Crippen LogP contribution in [0.3, 0.4) is 0 Å². The summed E-state index contributed by atoms with van der Waals surface area (Å²) in [5, 5.41) is 2.46. The van der Waals surface area contributed by atoms with Crippen LogP contribution in [0.1, 0.15) is 37.0 Å². The molecule has 4 heterocycles. The molecule has 0 radical (unpaired) electrons. The van der Waals surface area contributed by atoms with Crippen LogP contribution in [0.4, 0.5) is 8.78 Å². The lowest BCUT2D eigenvalue weighted by Crippen LogP contribution is -2.46. The second-order valence-electron chi connectivity index (χ2n) is 10.6. The number of aromatic nitrogens is 2. The Labute approximate surface area is 210 Å². The summed E-state index contributed by atoms with van der Waals surface area (Å²) in [7, 11) is 0. The molecule has 7 heteroatoms. The van der Waals surface area contributed by atoms with E-state index in [2.05, 4.69) is 57.0 Å². The van der Waals surface area contributed by atoms with Crippen molar-refractivity contribution in [1.29, 1.82) is 0 Å². The van der Waals surface area contributed by atoms with E-state index in [0.717, 1.165) is 43.1 Å². The minimum atomic E-state index is -1.14. The first-order valence-electron chi connectivity index (χ1n) is 12.4. The zero-order valence-corrected chi connectivity index (χ0v) is 21.5. The minimum absolute atomic E-state index is 0.184. The number of para-hydroxylation sites is 2. The molecule has 4 nitrogen and oxygen atoms in total. The van der Waals surface area contributed by atoms with Crippen molar-refractivity contribution in [3.63, 3.8) is 0 Å². The fourth-order valence-electron chi connectivity index (χ4n) is 5.18. The van der Waals surface area contributed by atoms with E-state index >= 15 is 0 Å². The first kappa shape index (κ1) is 24.3. The van der Waals surface area contributed by atoms with Crippen LogP contribution in [0.15, 0.2) is 48.5 Å². The molecule has 0 bridgehead atoms. The highest BCUT2D eigenvalue weighted by Crippen LogP contribution is 2.31. The average Bonchev–Trinajstić information content (AvgIpc) is 3.36. The van der Waals surface area contributed by atoms with E-state index in [1.807, 2.05) is 18.2 Å². The molecule has 2 aliphatic heterocycles. The summed E-state index contributed by atoms with van der Waals surface area (Å²) in [5.41, 5.74) is 3.79. The highest BCUT2D eigenvalue weighted by Gasteiger charge is 2.30. The third kappa shape index (κ3) is 5.57. The molecule has 4 aromatic rings. The molecule has 2 aromatic carbocycles. The molecule has 2 aliphatic rings. The van der Waals surface area contributed by atoms with Gasteiger partial charge in [0.25, 0.3) is 0 Å². The number of rotatable bonds is 5. The van der Waals surface area contributed by atoms with Crippen molar-refractivity contribution in [1.82, 2.24) is 19.8 Å². The van der Waals surface area contributed by atoms with E-state index in [1.165, 1.54) is 26.9 Å². The molecule has 1 unspecified atom stereocenters. The summed E-state index contributed by atoms with van der Waals surface area (Å²) in [5.74, 6) is 0.259. The highest BCUT2D eigenvalue weighted by atomic mass is 32.1. The van der Waals surface area contributed by atoms with Crippen LogP contribution in [0, 0.1) is 5.92 Å². The van der Waals surface area contributed by atoms with Crippen molar-refractivity contribution in [2.24, 2.45) is 5.92 Å². The lowest BCUT2D eigenvalue weighted by atomic mass is 9.96. The Hall–Kier alpha value is -2.35. The number of aromatic amines is 1. The maximum atomic E-state index is 13.9. The Morgan fingerprint density at radius 3 is 2.60 bits per heavy atom. The van der Waals surface area contributed by atoms with E-state index in [-0.39, 0.29) is 12.6 Å². The molecule has 186 valence electrons. The quantitative estimate of drug-likeness (QED) is 0.349. The lowest BCUT2D eigenvalue weighted by Gasteiger charge is -2.36. The maximum absolute atomic E-state index is 13.9. The number of alkyl halides is 2. The molecule has 1 N–H and O–H groups in total. The molecule has 0 spiro atoms. The van der Waals surface area contributed by atoms with Gasteiger partial charge < -0.3 is 4.98 Å². The van der Waals surface area contributed by atoms with Crippen LogP contribution in [0.5, 0.6) is 0 Å². The fourth-order valence-corrected chi connectivity index (χ4v) is 6.19. The molecule has 0 aliphatic carbocycles. The number of fused-ring (bicyclic) bond motifs is 4. The van der Waals surface area contributed by atoms with Crippen molar-refractivity contribution in [3.05, 3.63) is 64.8 Å². The van der Waals surface area contributed by atoms with Gasteiger partial charge in [0.1, 0.15) is 10.7 Å². The topological polar surface area (TPSA) is 35.2 Å². The van der Waals surface area contributed by atoms with Gasteiger partial charge in [0, 0.05) is 54.7 Å². The van der Waals surface area contributed by atoms with E-state index < -0.39 is 5.67 Å². The molecule has 1 fully saturated rings. The Balaban J connectivity index is 0.000000147. The molecule has 0 amide bonds. The molecule has 35 heavy (non-hydrogen) atoms. The van der Waals surface area contributed by atoms with Gasteiger partial charge in [0.2, 0.25) is 0 Å². The summed E-state index contributed by atoms with van der Waals surface area (Å²) in [6.07, 6.45) is 0.995. The van der Waals surface area contributed by atoms with Gasteiger partial charge in [-0.2, -0.15) is 0 Å². The van der Waals surface area contributed by atoms with Gasteiger partial charge in [0.05, 0.1) is 23.4 Å². The third-order valence-corrected chi connectivity index (χ3v) is 7.93. The van der Waals surface area contributed by atoms with Crippen molar-refractivity contribution >= 4 is 32.5 Å². The number of H-pyrrole nitrogens is 1. The molecule has 0 saturated carbocycles. The first-order chi connectivity index (χ1) is 16.8. The number of nitrogens with zero attached hydrogens (tertiary/aromatic N) is 3. The lowest BCUT2D eigenvalue weighted by molar-refractivity contribution is 0.0738. The largest absolute Gasteiger partial charge is 0.357 e. The second-order valence-corrected chi connectivity index (χ2v) is 11.7. The van der Waals surface area contributed by atoms with Gasteiger partial charge >= 0.3 is 0 Å². The van der Waals surface area contributed by atoms with E-state index in [1.54, 1.807) is 25.2 Å². The monoisotopic (exact) mass is 496 g/mol. The van der Waals surface area contributed by atoms with Crippen molar-refractivity contribution < 1.29 is 8.78 Å².